The smallest absolute Gasteiger partial charge is 0.496 e. The highest BCUT2D eigenvalue weighted by Gasteiger charge is 2.48. The molecular weight excluding hydrogens is 399 g/mol. The second kappa shape index (κ2) is 8.34. The van der Waals surface area contributed by atoms with Crippen LogP contribution in [-0.4, -0.2) is 34.5 Å². The average molecular weight is 415 g/mol. The van der Waals surface area contributed by atoms with Gasteiger partial charge >= 0.3 is 15.6 Å². The molecule has 0 heterocycles. The van der Waals surface area contributed by atoms with Crippen LogP contribution in [0.2, 0.25) is 0 Å². The van der Waals surface area contributed by atoms with Crippen molar-refractivity contribution in [3.8, 4) is 5.75 Å². The Balaban J connectivity index is 2.33. The van der Waals surface area contributed by atoms with Crippen molar-refractivity contribution < 1.29 is 35.3 Å². The molecule has 28 heavy (non-hydrogen) atoms. The highest BCUT2D eigenvalue weighted by atomic mass is 32.2. The van der Waals surface area contributed by atoms with E-state index in [0.717, 1.165) is 12.1 Å². The van der Waals surface area contributed by atoms with Gasteiger partial charge in [-0.3, -0.25) is 4.79 Å². The summed E-state index contributed by atoms with van der Waals surface area (Å²) in [5, 5.41) is 0. The fraction of sp³-hybridized carbons (Fsp3) is 0.167. The zero-order chi connectivity index (χ0) is 20.9. The molecule has 0 fully saturated rings. The summed E-state index contributed by atoms with van der Waals surface area (Å²) in [7, 11) is -2.73. The number of benzene rings is 2. The number of ether oxygens (including phenoxy) is 1. The Bertz CT molecular complexity index is 969. The van der Waals surface area contributed by atoms with E-state index in [2.05, 4.69) is 4.18 Å². The number of carbonyl (C=O) groups is 1. The number of nitrogens with zero attached hydrogens (tertiary/aromatic N) is 1. The van der Waals surface area contributed by atoms with Gasteiger partial charge in [-0.2, -0.15) is 21.6 Å². The van der Waals surface area contributed by atoms with Crippen LogP contribution in [0.25, 0.3) is 11.8 Å². The minimum Gasteiger partial charge on any atom is -0.496 e. The van der Waals surface area contributed by atoms with Gasteiger partial charge < -0.3 is 13.8 Å². The van der Waals surface area contributed by atoms with Gasteiger partial charge in [-0.25, -0.2) is 0 Å². The lowest BCUT2D eigenvalue weighted by atomic mass is 10.1. The predicted molar refractivity (Wildman–Crippen MR) is 97.8 cm³/mol. The maximum Gasteiger partial charge on any atom is 0.534 e. The molecule has 10 heteroatoms. The van der Waals surface area contributed by atoms with Crippen LogP contribution in [-0.2, 0) is 19.6 Å². The molecule has 0 N–H and O–H groups in total. The van der Waals surface area contributed by atoms with Crippen molar-refractivity contribution in [2.75, 3.05) is 19.1 Å². The van der Waals surface area contributed by atoms with E-state index in [0.29, 0.717) is 29.0 Å². The number of methoxy groups -OCH3 is 1. The van der Waals surface area contributed by atoms with Gasteiger partial charge in [0.05, 0.1) is 12.8 Å². The predicted octanol–water partition coefficient (Wildman–Crippen LogP) is 3.65. The summed E-state index contributed by atoms with van der Waals surface area (Å²) in [6.07, 6.45) is 2.22. The molecule has 0 unspecified atom stereocenters. The van der Waals surface area contributed by atoms with E-state index in [9.17, 15) is 26.4 Å². The Morgan fingerprint density at radius 1 is 1.07 bits per heavy atom. The standard InChI is InChI=1S/C18H16F3NO5S/c1-22(12-23)16-6-4-3-5-15(16)17(26-2)11-13-7-9-14(10-8-13)27-28(24,25)18(19,20)21/h3-12H,1-2H3/b17-11-. The van der Waals surface area contributed by atoms with E-state index in [1.54, 1.807) is 37.4 Å². The fourth-order valence-electron chi connectivity index (χ4n) is 2.24. The number of carbonyl (C=O) groups excluding carboxylic acids is 1. The Kier molecular flexibility index (Phi) is 6.34. The highest BCUT2D eigenvalue weighted by Crippen LogP contribution is 2.30. The van der Waals surface area contributed by atoms with Crippen LogP contribution in [0, 0.1) is 0 Å². The van der Waals surface area contributed by atoms with Crippen molar-refractivity contribution in [1.82, 2.24) is 0 Å². The molecule has 0 spiro atoms. The Labute approximate surface area is 159 Å². The minimum atomic E-state index is -5.73. The van der Waals surface area contributed by atoms with Gasteiger partial charge in [0, 0.05) is 12.6 Å². The summed E-state index contributed by atoms with van der Waals surface area (Å²) in [5.74, 6) is -0.0876. The molecule has 0 saturated carbocycles. The maximum absolute atomic E-state index is 12.4. The molecule has 150 valence electrons. The van der Waals surface area contributed by atoms with Gasteiger partial charge in [0.2, 0.25) is 6.41 Å². The first kappa shape index (κ1) is 21.3. The van der Waals surface area contributed by atoms with Crippen LogP contribution in [0.1, 0.15) is 11.1 Å². The van der Waals surface area contributed by atoms with Crippen molar-refractivity contribution in [3.05, 3.63) is 59.7 Å². The summed E-state index contributed by atoms with van der Waals surface area (Å²) >= 11 is 0. The summed E-state index contributed by atoms with van der Waals surface area (Å²) in [6, 6.07) is 11.9. The number of hydrogen-bond donors (Lipinski definition) is 0. The fourth-order valence-corrected chi connectivity index (χ4v) is 2.70. The van der Waals surface area contributed by atoms with Crippen molar-refractivity contribution in [1.29, 1.82) is 0 Å². The molecule has 0 aliphatic heterocycles. The molecule has 0 saturated heterocycles. The molecular formula is C18H16F3NO5S. The summed E-state index contributed by atoms with van der Waals surface area (Å²) in [5.41, 5.74) is -3.80. The third-order valence-corrected chi connectivity index (χ3v) is 4.57. The lowest BCUT2D eigenvalue weighted by Gasteiger charge is -2.17. The molecule has 0 aliphatic rings. The number of hydrogen-bond acceptors (Lipinski definition) is 5. The van der Waals surface area contributed by atoms with E-state index >= 15 is 0 Å². The topological polar surface area (TPSA) is 72.9 Å². The number of para-hydroxylation sites is 1. The number of anilines is 1. The van der Waals surface area contributed by atoms with E-state index in [1.807, 2.05) is 0 Å². The van der Waals surface area contributed by atoms with Crippen molar-refractivity contribution >= 4 is 34.1 Å². The molecule has 2 rings (SSSR count). The Morgan fingerprint density at radius 3 is 2.21 bits per heavy atom. The molecule has 2 aromatic carbocycles. The Hall–Kier alpha value is -3.01. The van der Waals surface area contributed by atoms with Gasteiger partial charge in [-0.15, -0.1) is 0 Å². The second-order valence-corrected chi connectivity index (χ2v) is 7.04. The monoisotopic (exact) mass is 415 g/mol. The minimum absolute atomic E-state index is 0.390. The quantitative estimate of drug-likeness (QED) is 0.227. The van der Waals surface area contributed by atoms with Crippen molar-refractivity contribution in [2.24, 2.45) is 0 Å². The van der Waals surface area contributed by atoms with E-state index in [-0.39, 0.29) is 0 Å². The average Bonchev–Trinajstić information content (AvgIpc) is 2.65. The Morgan fingerprint density at radius 2 is 1.68 bits per heavy atom. The zero-order valence-electron chi connectivity index (χ0n) is 14.8. The molecule has 0 aliphatic carbocycles. The summed E-state index contributed by atoms with van der Waals surface area (Å²) in [4.78, 5) is 12.4. The molecule has 1 amide bonds. The van der Waals surface area contributed by atoms with Gasteiger partial charge in [-0.1, -0.05) is 24.3 Å². The lowest BCUT2D eigenvalue weighted by molar-refractivity contribution is -0.107. The number of halogens is 3. The second-order valence-electron chi connectivity index (χ2n) is 5.50. The van der Waals surface area contributed by atoms with Gasteiger partial charge in [0.25, 0.3) is 0 Å². The first-order chi connectivity index (χ1) is 13.1. The molecule has 0 aromatic heterocycles. The van der Waals surface area contributed by atoms with E-state index < -0.39 is 21.4 Å². The molecule has 6 nitrogen and oxygen atoms in total. The number of alkyl halides is 3. The molecule has 0 atom stereocenters. The van der Waals surface area contributed by atoms with Crippen LogP contribution in [0.15, 0.2) is 48.5 Å². The SMILES string of the molecule is CO/C(=C\c1ccc(OS(=O)(=O)C(F)(F)F)cc1)c1ccccc1N(C)C=O. The zero-order valence-corrected chi connectivity index (χ0v) is 15.6. The van der Waals surface area contributed by atoms with E-state index in [1.165, 1.54) is 24.1 Å². The van der Waals surface area contributed by atoms with Crippen LogP contribution in [0.5, 0.6) is 5.75 Å². The van der Waals surface area contributed by atoms with Gasteiger partial charge in [-0.05, 0) is 35.9 Å². The third kappa shape index (κ3) is 4.83. The van der Waals surface area contributed by atoms with Crippen LogP contribution >= 0.6 is 0 Å². The van der Waals surface area contributed by atoms with Gasteiger partial charge in [0.1, 0.15) is 11.5 Å². The van der Waals surface area contributed by atoms with Crippen LogP contribution in [0.4, 0.5) is 18.9 Å². The molecule has 0 radical (unpaired) electrons. The highest BCUT2D eigenvalue weighted by molar-refractivity contribution is 7.88. The van der Waals surface area contributed by atoms with Crippen LogP contribution in [0.3, 0.4) is 0 Å². The lowest BCUT2D eigenvalue weighted by Crippen LogP contribution is -2.28. The van der Waals surface area contributed by atoms with Gasteiger partial charge in [0.15, 0.2) is 0 Å². The van der Waals surface area contributed by atoms with E-state index in [4.69, 9.17) is 4.74 Å². The molecule has 0 bridgehead atoms. The van der Waals surface area contributed by atoms with Crippen molar-refractivity contribution in [3.63, 3.8) is 0 Å². The first-order valence-corrected chi connectivity index (χ1v) is 9.14. The number of rotatable bonds is 7. The van der Waals surface area contributed by atoms with Crippen molar-refractivity contribution in [2.45, 2.75) is 5.51 Å². The first-order valence-electron chi connectivity index (χ1n) is 7.73. The normalized spacial score (nSPS) is 12.4. The summed E-state index contributed by atoms with van der Waals surface area (Å²) in [6.45, 7) is 0. The number of amides is 1. The molecule has 2 aromatic rings. The largest absolute Gasteiger partial charge is 0.534 e. The summed E-state index contributed by atoms with van der Waals surface area (Å²) < 4.78 is 68.6. The third-order valence-electron chi connectivity index (χ3n) is 3.59. The maximum atomic E-state index is 12.4. The van der Waals surface area contributed by atoms with Crippen LogP contribution < -0.4 is 9.08 Å².